The molecule has 1 aliphatic heterocycles. The number of hydrogen-bond donors (Lipinski definition) is 0. The number of halogens is 1. The Balaban J connectivity index is 1.70. The van der Waals surface area contributed by atoms with Crippen LogP contribution in [0.5, 0.6) is 5.75 Å². The number of methoxy groups -OCH3 is 1. The summed E-state index contributed by atoms with van der Waals surface area (Å²) in [6.07, 6.45) is 0. The second kappa shape index (κ2) is 7.01. The molecule has 0 atom stereocenters. The average molecular weight is 367 g/mol. The van der Waals surface area contributed by atoms with Crippen molar-refractivity contribution >= 4 is 27.3 Å². The summed E-state index contributed by atoms with van der Waals surface area (Å²) in [6, 6.07) is 14.2. The Morgan fingerprint density at radius 1 is 1.00 bits per heavy atom. The molecule has 7 heteroatoms. The van der Waals surface area contributed by atoms with E-state index in [0.29, 0.717) is 31.2 Å². The topological polar surface area (TPSA) is 49.9 Å². The molecule has 1 heterocycles. The van der Waals surface area contributed by atoms with Crippen LogP contribution < -0.4 is 9.64 Å². The van der Waals surface area contributed by atoms with Gasteiger partial charge in [-0.3, -0.25) is 0 Å². The van der Waals surface area contributed by atoms with Gasteiger partial charge >= 0.3 is 0 Å². The Bertz CT molecular complexity index is 801. The Labute approximate surface area is 147 Å². The van der Waals surface area contributed by atoms with E-state index >= 15 is 0 Å². The lowest BCUT2D eigenvalue weighted by Gasteiger charge is -2.35. The normalized spacial score (nSPS) is 16.2. The van der Waals surface area contributed by atoms with Crippen molar-refractivity contribution in [3.8, 4) is 5.75 Å². The first kappa shape index (κ1) is 17.1. The molecule has 2 aromatic carbocycles. The Hall–Kier alpha value is -1.76. The second-order valence-corrected chi connectivity index (χ2v) is 7.92. The second-order valence-electron chi connectivity index (χ2n) is 5.55. The fourth-order valence-corrected chi connectivity index (χ4v) is 4.48. The lowest BCUT2D eigenvalue weighted by atomic mass is 10.2. The number of anilines is 1. The molecule has 0 saturated carbocycles. The van der Waals surface area contributed by atoms with Gasteiger partial charge in [-0.25, -0.2) is 8.42 Å². The first-order chi connectivity index (χ1) is 11.5. The molecule has 0 unspecified atom stereocenters. The van der Waals surface area contributed by atoms with Gasteiger partial charge in [0.15, 0.2) is 0 Å². The Morgan fingerprint density at radius 2 is 1.67 bits per heavy atom. The zero-order valence-corrected chi connectivity index (χ0v) is 14.9. The molecule has 1 saturated heterocycles. The van der Waals surface area contributed by atoms with Gasteiger partial charge in [-0.05, 0) is 42.5 Å². The maximum Gasteiger partial charge on any atom is 0.243 e. The third-order valence-corrected chi connectivity index (χ3v) is 6.24. The van der Waals surface area contributed by atoms with Crippen LogP contribution in [0.15, 0.2) is 53.4 Å². The molecular weight excluding hydrogens is 348 g/mol. The van der Waals surface area contributed by atoms with Crippen LogP contribution in [0.3, 0.4) is 0 Å². The van der Waals surface area contributed by atoms with Crippen molar-refractivity contribution in [1.82, 2.24) is 4.31 Å². The lowest BCUT2D eigenvalue weighted by molar-refractivity contribution is 0.384. The van der Waals surface area contributed by atoms with Crippen LogP contribution >= 0.6 is 11.6 Å². The summed E-state index contributed by atoms with van der Waals surface area (Å²) in [6.45, 7) is 2.18. The predicted octanol–water partition coefficient (Wildman–Crippen LogP) is 2.86. The molecule has 3 rings (SSSR count). The largest absolute Gasteiger partial charge is 0.497 e. The number of benzene rings is 2. The summed E-state index contributed by atoms with van der Waals surface area (Å²) in [5.74, 6) is 0.806. The molecule has 5 nitrogen and oxygen atoms in total. The van der Waals surface area contributed by atoms with Gasteiger partial charge in [0.05, 0.1) is 12.0 Å². The first-order valence-corrected chi connectivity index (χ1v) is 9.47. The number of rotatable bonds is 4. The minimum atomic E-state index is -3.50. The molecule has 0 N–H and O–H groups in total. The standard InChI is InChI=1S/C17H19ClN2O3S/c1-23-16-7-5-15(6-8-16)19-9-11-20(12-10-19)24(21,22)17-4-2-3-14(18)13-17/h2-8,13H,9-12H2,1H3. The van der Waals surface area contributed by atoms with Crippen LogP contribution in [0, 0.1) is 0 Å². The van der Waals surface area contributed by atoms with E-state index in [-0.39, 0.29) is 4.90 Å². The van der Waals surface area contributed by atoms with Crippen molar-refractivity contribution in [1.29, 1.82) is 0 Å². The van der Waals surface area contributed by atoms with Crippen LogP contribution in [0.1, 0.15) is 0 Å². The SMILES string of the molecule is COc1ccc(N2CCN(S(=O)(=O)c3cccc(Cl)c3)CC2)cc1. The van der Waals surface area contributed by atoms with Gasteiger partial charge in [-0.1, -0.05) is 17.7 Å². The third-order valence-electron chi connectivity index (χ3n) is 4.11. The molecule has 1 aliphatic rings. The van der Waals surface area contributed by atoms with Crippen molar-refractivity contribution in [2.24, 2.45) is 0 Å². The Kier molecular flexibility index (Phi) is 4.99. The smallest absolute Gasteiger partial charge is 0.243 e. The minimum absolute atomic E-state index is 0.243. The van der Waals surface area contributed by atoms with E-state index in [2.05, 4.69) is 4.90 Å². The number of nitrogens with zero attached hydrogens (tertiary/aromatic N) is 2. The van der Waals surface area contributed by atoms with Gasteiger partial charge in [0.1, 0.15) is 5.75 Å². The van der Waals surface area contributed by atoms with Crippen LogP contribution in [-0.4, -0.2) is 46.0 Å². The molecule has 0 bridgehead atoms. The molecule has 0 aromatic heterocycles. The quantitative estimate of drug-likeness (QED) is 0.834. The monoisotopic (exact) mass is 366 g/mol. The summed E-state index contributed by atoms with van der Waals surface area (Å²) in [4.78, 5) is 2.41. The number of sulfonamides is 1. The fourth-order valence-electron chi connectivity index (χ4n) is 2.76. The number of hydrogen-bond acceptors (Lipinski definition) is 4. The molecule has 128 valence electrons. The van der Waals surface area contributed by atoms with E-state index in [9.17, 15) is 8.42 Å². The fraction of sp³-hybridized carbons (Fsp3) is 0.294. The van der Waals surface area contributed by atoms with Gasteiger partial charge in [-0.15, -0.1) is 0 Å². The summed E-state index contributed by atoms with van der Waals surface area (Å²) in [7, 11) is -1.87. The van der Waals surface area contributed by atoms with Crippen molar-refractivity contribution in [2.45, 2.75) is 4.90 Å². The summed E-state index contributed by atoms with van der Waals surface area (Å²) in [5, 5.41) is 0.424. The molecule has 0 aliphatic carbocycles. The van der Waals surface area contributed by atoms with Crippen LogP contribution in [-0.2, 0) is 10.0 Å². The van der Waals surface area contributed by atoms with Gasteiger partial charge in [-0.2, -0.15) is 4.31 Å². The molecule has 2 aromatic rings. The lowest BCUT2D eigenvalue weighted by Crippen LogP contribution is -2.48. The van der Waals surface area contributed by atoms with E-state index in [1.54, 1.807) is 25.3 Å². The van der Waals surface area contributed by atoms with Crippen molar-refractivity contribution in [3.05, 3.63) is 53.6 Å². The van der Waals surface area contributed by atoms with E-state index < -0.39 is 10.0 Å². The highest BCUT2D eigenvalue weighted by atomic mass is 35.5. The molecular formula is C17H19ClN2O3S. The summed E-state index contributed by atoms with van der Waals surface area (Å²) < 4.78 is 32.1. The number of piperazine rings is 1. The highest BCUT2D eigenvalue weighted by molar-refractivity contribution is 7.89. The van der Waals surface area contributed by atoms with E-state index in [1.807, 2.05) is 24.3 Å². The van der Waals surface area contributed by atoms with Gasteiger partial charge in [0.25, 0.3) is 0 Å². The van der Waals surface area contributed by atoms with E-state index in [4.69, 9.17) is 16.3 Å². The molecule has 0 amide bonds. The first-order valence-electron chi connectivity index (χ1n) is 7.65. The van der Waals surface area contributed by atoms with E-state index in [1.165, 1.54) is 10.4 Å². The van der Waals surface area contributed by atoms with Crippen LogP contribution in [0.25, 0.3) is 0 Å². The van der Waals surface area contributed by atoms with Crippen molar-refractivity contribution in [3.63, 3.8) is 0 Å². The molecule has 0 spiro atoms. The summed E-state index contributed by atoms with van der Waals surface area (Å²) in [5.41, 5.74) is 1.07. The maximum atomic E-state index is 12.7. The van der Waals surface area contributed by atoms with Crippen LogP contribution in [0.2, 0.25) is 5.02 Å². The van der Waals surface area contributed by atoms with E-state index in [0.717, 1.165) is 11.4 Å². The van der Waals surface area contributed by atoms with Crippen molar-refractivity contribution in [2.75, 3.05) is 38.2 Å². The zero-order chi connectivity index (χ0) is 17.2. The van der Waals surface area contributed by atoms with Gasteiger partial charge in [0, 0.05) is 36.9 Å². The number of ether oxygens (including phenoxy) is 1. The molecule has 24 heavy (non-hydrogen) atoms. The predicted molar refractivity (Wildman–Crippen MR) is 95.4 cm³/mol. The summed E-state index contributed by atoms with van der Waals surface area (Å²) >= 11 is 5.92. The molecule has 0 radical (unpaired) electrons. The highest BCUT2D eigenvalue weighted by Gasteiger charge is 2.28. The zero-order valence-electron chi connectivity index (χ0n) is 13.4. The maximum absolute atomic E-state index is 12.7. The third kappa shape index (κ3) is 3.50. The highest BCUT2D eigenvalue weighted by Crippen LogP contribution is 2.24. The minimum Gasteiger partial charge on any atom is -0.497 e. The van der Waals surface area contributed by atoms with Gasteiger partial charge in [0.2, 0.25) is 10.0 Å². The average Bonchev–Trinajstić information content (AvgIpc) is 2.62. The van der Waals surface area contributed by atoms with Crippen LogP contribution in [0.4, 0.5) is 5.69 Å². The Morgan fingerprint density at radius 3 is 2.25 bits per heavy atom. The van der Waals surface area contributed by atoms with Crippen molar-refractivity contribution < 1.29 is 13.2 Å². The van der Waals surface area contributed by atoms with Gasteiger partial charge < -0.3 is 9.64 Å². The molecule has 1 fully saturated rings.